The van der Waals surface area contributed by atoms with Gasteiger partial charge in [0.05, 0.1) is 9.79 Å². The molecule has 0 heterocycles. The van der Waals surface area contributed by atoms with E-state index >= 15 is 0 Å². The molecule has 18 heavy (non-hydrogen) atoms. The SMILES string of the molecule is O=[SH](=O)C=Cc1cc([SH](=O)=O)ccc1S(=O)(=O)Cl. The summed E-state index contributed by atoms with van der Waals surface area (Å²) in [7, 11) is -4.72. The molecule has 1 rings (SSSR count). The Hall–Kier alpha value is -0.900. The van der Waals surface area contributed by atoms with Gasteiger partial charge < -0.3 is 0 Å². The molecule has 100 valence electrons. The van der Waals surface area contributed by atoms with E-state index in [0.29, 0.717) is 0 Å². The minimum absolute atomic E-state index is 0.110. The standard InChI is InChI=1S/C8H7ClO6S3/c9-18(14,15)8-2-1-7(17(12)13)5-6(8)3-4-16(10)11/h1-5,16-17H. The van der Waals surface area contributed by atoms with Crippen LogP contribution in [0.25, 0.3) is 6.08 Å². The number of hydrogen-bond donors (Lipinski definition) is 2. The van der Waals surface area contributed by atoms with E-state index in [1.807, 2.05) is 0 Å². The van der Waals surface area contributed by atoms with Gasteiger partial charge in [0, 0.05) is 16.1 Å². The molecule has 0 amide bonds. The van der Waals surface area contributed by atoms with Crippen molar-refractivity contribution in [3.05, 3.63) is 29.2 Å². The molecule has 6 nitrogen and oxygen atoms in total. The Balaban J connectivity index is 3.55. The predicted octanol–water partition coefficient (Wildman–Crippen LogP) is 0.167. The summed E-state index contributed by atoms with van der Waals surface area (Å²) in [6, 6.07) is 3.09. The van der Waals surface area contributed by atoms with Gasteiger partial charge in [0.1, 0.15) is 0 Å². The molecule has 0 aromatic heterocycles. The first kappa shape index (κ1) is 15.2. The van der Waals surface area contributed by atoms with Gasteiger partial charge in [-0.1, -0.05) is 0 Å². The van der Waals surface area contributed by atoms with Gasteiger partial charge in [0.25, 0.3) is 9.05 Å². The molecule has 0 atom stereocenters. The maximum Gasteiger partial charge on any atom is 0.261 e. The van der Waals surface area contributed by atoms with E-state index in [4.69, 9.17) is 10.7 Å². The van der Waals surface area contributed by atoms with E-state index in [0.717, 1.165) is 29.7 Å². The van der Waals surface area contributed by atoms with Crippen LogP contribution >= 0.6 is 10.7 Å². The average molecular weight is 331 g/mol. The molecule has 10 heteroatoms. The van der Waals surface area contributed by atoms with Crippen LogP contribution in [0.5, 0.6) is 0 Å². The van der Waals surface area contributed by atoms with E-state index < -0.39 is 30.5 Å². The highest BCUT2D eigenvalue weighted by Crippen LogP contribution is 2.23. The van der Waals surface area contributed by atoms with Gasteiger partial charge in [0.2, 0.25) is 0 Å². The largest absolute Gasteiger partial charge is 0.261 e. The zero-order valence-electron chi connectivity index (χ0n) is 8.52. The fourth-order valence-electron chi connectivity index (χ4n) is 1.14. The molecule has 0 bridgehead atoms. The quantitative estimate of drug-likeness (QED) is 0.602. The Labute approximate surface area is 111 Å². The number of benzene rings is 1. The van der Waals surface area contributed by atoms with E-state index in [9.17, 15) is 25.3 Å². The first-order chi connectivity index (χ1) is 8.21. The average Bonchev–Trinajstić information content (AvgIpc) is 2.24. The van der Waals surface area contributed by atoms with Crippen molar-refractivity contribution in [2.45, 2.75) is 9.79 Å². The van der Waals surface area contributed by atoms with Crippen LogP contribution in [-0.2, 0) is 30.5 Å². The van der Waals surface area contributed by atoms with E-state index in [1.54, 1.807) is 0 Å². The second-order valence-electron chi connectivity index (χ2n) is 3.02. The molecule has 0 aliphatic heterocycles. The van der Waals surface area contributed by atoms with Crippen LogP contribution < -0.4 is 0 Å². The van der Waals surface area contributed by atoms with Gasteiger partial charge in [0.15, 0.2) is 21.4 Å². The van der Waals surface area contributed by atoms with Crippen molar-refractivity contribution in [3.63, 3.8) is 0 Å². The highest BCUT2D eigenvalue weighted by atomic mass is 35.7. The van der Waals surface area contributed by atoms with Crippen molar-refractivity contribution in [3.8, 4) is 0 Å². The van der Waals surface area contributed by atoms with Gasteiger partial charge >= 0.3 is 0 Å². The minimum atomic E-state index is -4.10. The number of hydrogen-bond acceptors (Lipinski definition) is 6. The van der Waals surface area contributed by atoms with E-state index in [1.165, 1.54) is 0 Å². The zero-order valence-corrected chi connectivity index (χ0v) is 11.9. The van der Waals surface area contributed by atoms with Crippen LogP contribution in [0.2, 0.25) is 0 Å². The second-order valence-corrected chi connectivity index (χ2v) is 7.45. The molecule has 0 saturated heterocycles. The lowest BCUT2D eigenvalue weighted by Crippen LogP contribution is -1.96. The highest BCUT2D eigenvalue weighted by molar-refractivity contribution is 8.13. The molecular weight excluding hydrogens is 324 g/mol. The van der Waals surface area contributed by atoms with Crippen LogP contribution in [0.1, 0.15) is 5.56 Å². The summed E-state index contributed by atoms with van der Waals surface area (Å²) in [5.41, 5.74) is -0.110. The monoisotopic (exact) mass is 330 g/mol. The second kappa shape index (κ2) is 5.83. The molecular formula is C8H7ClO6S3. The number of halogens is 1. The minimum Gasteiger partial charge on any atom is -0.227 e. The fourth-order valence-corrected chi connectivity index (χ4v) is 2.93. The van der Waals surface area contributed by atoms with Gasteiger partial charge in [-0.3, -0.25) is 0 Å². The molecule has 0 radical (unpaired) electrons. The molecule has 0 saturated carbocycles. The summed E-state index contributed by atoms with van der Waals surface area (Å²) >= 11 is 0. The van der Waals surface area contributed by atoms with Crippen LogP contribution in [0.3, 0.4) is 0 Å². The highest BCUT2D eigenvalue weighted by Gasteiger charge is 2.15. The predicted molar refractivity (Wildman–Crippen MR) is 67.4 cm³/mol. The van der Waals surface area contributed by atoms with E-state index in [2.05, 4.69) is 0 Å². The summed E-state index contributed by atoms with van der Waals surface area (Å²) in [6.45, 7) is 0. The van der Waals surface area contributed by atoms with Crippen LogP contribution in [0.15, 0.2) is 33.4 Å². The third kappa shape index (κ3) is 4.09. The van der Waals surface area contributed by atoms with Gasteiger partial charge in [-0.15, -0.1) is 0 Å². The van der Waals surface area contributed by atoms with E-state index in [-0.39, 0.29) is 15.4 Å². The van der Waals surface area contributed by atoms with Crippen molar-refractivity contribution in [1.82, 2.24) is 0 Å². The summed E-state index contributed by atoms with van der Waals surface area (Å²) in [6.07, 6.45) is 0.962. The molecule has 0 unspecified atom stereocenters. The molecule has 0 aliphatic carbocycles. The fraction of sp³-hybridized carbons (Fsp3) is 0. The van der Waals surface area contributed by atoms with Crippen molar-refractivity contribution in [1.29, 1.82) is 0 Å². The topological polar surface area (TPSA) is 102 Å². The van der Waals surface area contributed by atoms with Crippen molar-refractivity contribution >= 4 is 47.2 Å². The van der Waals surface area contributed by atoms with Crippen molar-refractivity contribution in [2.24, 2.45) is 0 Å². The summed E-state index contributed by atoms with van der Waals surface area (Å²) in [5, 5.41) is 0.720. The lowest BCUT2D eigenvalue weighted by molar-refractivity contribution is 0.607. The summed E-state index contributed by atoms with van der Waals surface area (Å²) < 4.78 is 64.7. The molecule has 0 N–H and O–H groups in total. The lowest BCUT2D eigenvalue weighted by atomic mass is 10.2. The maximum atomic E-state index is 11.2. The Bertz CT molecular complexity index is 726. The molecule has 0 fully saturated rings. The molecule has 1 aromatic carbocycles. The van der Waals surface area contributed by atoms with Gasteiger partial charge in [-0.2, -0.15) is 0 Å². The van der Waals surface area contributed by atoms with Crippen LogP contribution in [0.4, 0.5) is 0 Å². The smallest absolute Gasteiger partial charge is 0.227 e. The third-order valence-electron chi connectivity index (χ3n) is 1.84. The summed E-state index contributed by atoms with van der Waals surface area (Å²) in [5.74, 6) is 0. The van der Waals surface area contributed by atoms with Crippen molar-refractivity contribution < 1.29 is 25.3 Å². The Morgan fingerprint density at radius 1 is 1.11 bits per heavy atom. The molecule has 1 aromatic rings. The van der Waals surface area contributed by atoms with Gasteiger partial charge in [-0.05, 0) is 29.8 Å². The lowest BCUT2D eigenvalue weighted by Gasteiger charge is -2.02. The number of rotatable bonds is 4. The van der Waals surface area contributed by atoms with Crippen molar-refractivity contribution in [2.75, 3.05) is 0 Å². The first-order valence-electron chi connectivity index (χ1n) is 4.26. The van der Waals surface area contributed by atoms with Crippen LogP contribution in [-0.4, -0.2) is 25.3 Å². The van der Waals surface area contributed by atoms with Crippen LogP contribution in [0, 0.1) is 0 Å². The zero-order chi connectivity index (χ0) is 13.9. The Morgan fingerprint density at radius 3 is 2.17 bits per heavy atom. The Kier molecular flexibility index (Phi) is 4.91. The maximum absolute atomic E-state index is 11.2. The molecule has 0 aliphatic rings. The molecule has 0 spiro atoms. The number of thiol groups is 2. The third-order valence-corrected chi connectivity index (χ3v) is 4.33. The Morgan fingerprint density at radius 2 is 1.72 bits per heavy atom. The normalized spacial score (nSPS) is 12.6. The first-order valence-corrected chi connectivity index (χ1v) is 9.00. The van der Waals surface area contributed by atoms with Gasteiger partial charge in [-0.25, -0.2) is 25.3 Å². The summed E-state index contributed by atoms with van der Waals surface area (Å²) in [4.78, 5) is -0.507.